The molecule has 2 aromatic rings. The number of Topliss-reactive ketones (excluding diaryl/α,β-unsaturated/α-hetero) is 2. The van der Waals surface area contributed by atoms with Crippen LogP contribution in [-0.4, -0.2) is 11.6 Å². The largest absolute Gasteiger partial charge is 0.299 e. The van der Waals surface area contributed by atoms with Gasteiger partial charge in [-0.3, -0.25) is 9.59 Å². The number of carbonyl (C=O) groups excluding carboxylic acids is 2. The molecule has 1 fully saturated rings. The monoisotopic (exact) mass is 428 g/mol. The van der Waals surface area contributed by atoms with E-state index in [1.807, 2.05) is 12.1 Å². The molecular weight excluding hydrogens is 392 g/mol. The van der Waals surface area contributed by atoms with Gasteiger partial charge in [0.25, 0.3) is 0 Å². The second-order valence-electron chi connectivity index (χ2n) is 11.0. The molecule has 2 aliphatic rings. The molecule has 1 saturated carbocycles. The third kappa shape index (κ3) is 3.89. The zero-order valence-electron chi connectivity index (χ0n) is 20.5. The first kappa shape index (κ1) is 22.7. The van der Waals surface area contributed by atoms with Crippen LogP contribution in [0.15, 0.2) is 42.5 Å². The minimum absolute atomic E-state index is 0.0654. The van der Waals surface area contributed by atoms with Crippen molar-refractivity contribution in [2.24, 2.45) is 0 Å². The molecule has 0 aromatic heterocycles. The summed E-state index contributed by atoms with van der Waals surface area (Å²) < 4.78 is 0. The maximum atomic E-state index is 12.4. The SMILES string of the molecule is C/C=C(\c1ccc(C2C(=O)CCCC2=O)cc1)c1cc2c(cc1C)C(C)(C)CCC2(C)C. The highest BCUT2D eigenvalue weighted by molar-refractivity contribution is 6.09. The van der Waals surface area contributed by atoms with Crippen molar-refractivity contribution in [1.29, 1.82) is 0 Å². The molecule has 0 atom stereocenters. The van der Waals surface area contributed by atoms with Crippen molar-refractivity contribution < 1.29 is 9.59 Å². The van der Waals surface area contributed by atoms with Crippen molar-refractivity contribution in [3.8, 4) is 0 Å². The highest BCUT2D eigenvalue weighted by Crippen LogP contribution is 2.47. The summed E-state index contributed by atoms with van der Waals surface area (Å²) in [5, 5.41) is 0. The average molecular weight is 429 g/mol. The number of fused-ring (bicyclic) bond motifs is 1. The first-order valence-corrected chi connectivity index (χ1v) is 12.0. The van der Waals surface area contributed by atoms with Crippen LogP contribution in [0, 0.1) is 6.92 Å². The number of carbonyl (C=O) groups is 2. The van der Waals surface area contributed by atoms with Gasteiger partial charge in [-0.2, -0.15) is 0 Å². The van der Waals surface area contributed by atoms with Gasteiger partial charge in [-0.1, -0.05) is 70.2 Å². The zero-order chi connectivity index (χ0) is 23.3. The molecule has 0 N–H and O–H groups in total. The summed E-state index contributed by atoms with van der Waals surface area (Å²) in [5.74, 6) is -0.438. The van der Waals surface area contributed by atoms with Crippen LogP contribution < -0.4 is 0 Å². The second kappa shape index (κ2) is 8.14. The number of allylic oxidation sites excluding steroid dienone is 1. The number of rotatable bonds is 3. The standard InChI is InChI=1S/C30H36O2/c1-7-22(20-11-13-21(14-12-20)28-26(31)9-8-10-27(28)32)23-18-25-24(17-19(23)2)29(3,4)15-16-30(25,5)6/h7,11-14,17-18,28H,8-10,15-16H2,1-6H3/b22-7+. The molecule has 0 saturated heterocycles. The summed E-state index contributed by atoms with van der Waals surface area (Å²) in [5.41, 5.74) is 9.05. The first-order valence-electron chi connectivity index (χ1n) is 12.0. The second-order valence-corrected chi connectivity index (χ2v) is 11.0. The Kier molecular flexibility index (Phi) is 5.77. The summed E-state index contributed by atoms with van der Waals surface area (Å²) >= 11 is 0. The van der Waals surface area contributed by atoms with E-state index in [9.17, 15) is 9.59 Å². The number of aryl methyl sites for hydroxylation is 1. The lowest BCUT2D eigenvalue weighted by molar-refractivity contribution is -0.131. The summed E-state index contributed by atoms with van der Waals surface area (Å²) in [6, 6.07) is 12.9. The molecule has 0 spiro atoms. The number of hydrogen-bond acceptors (Lipinski definition) is 2. The number of ketones is 2. The van der Waals surface area contributed by atoms with Crippen LogP contribution in [0.3, 0.4) is 0 Å². The predicted octanol–water partition coefficient (Wildman–Crippen LogP) is 7.20. The fourth-order valence-electron chi connectivity index (χ4n) is 5.62. The van der Waals surface area contributed by atoms with E-state index in [-0.39, 0.29) is 22.4 Å². The lowest BCUT2D eigenvalue weighted by atomic mass is 9.62. The lowest BCUT2D eigenvalue weighted by Crippen LogP contribution is -2.34. The Morgan fingerprint density at radius 2 is 1.41 bits per heavy atom. The molecule has 2 nitrogen and oxygen atoms in total. The van der Waals surface area contributed by atoms with Crippen molar-refractivity contribution in [1.82, 2.24) is 0 Å². The van der Waals surface area contributed by atoms with Crippen LogP contribution in [0.25, 0.3) is 5.57 Å². The molecule has 0 bridgehead atoms. The van der Waals surface area contributed by atoms with Crippen LogP contribution in [-0.2, 0) is 20.4 Å². The normalized spacial score (nSPS) is 20.9. The van der Waals surface area contributed by atoms with Crippen LogP contribution in [0.2, 0.25) is 0 Å². The van der Waals surface area contributed by atoms with E-state index in [0.717, 1.165) is 11.1 Å². The van der Waals surface area contributed by atoms with Crippen molar-refractivity contribution in [3.05, 3.63) is 75.9 Å². The van der Waals surface area contributed by atoms with E-state index in [4.69, 9.17) is 0 Å². The van der Waals surface area contributed by atoms with E-state index in [1.54, 1.807) is 0 Å². The molecule has 0 heterocycles. The summed E-state index contributed by atoms with van der Waals surface area (Å²) in [4.78, 5) is 24.7. The molecule has 0 aliphatic heterocycles. The van der Waals surface area contributed by atoms with Gasteiger partial charge >= 0.3 is 0 Å². The summed E-state index contributed by atoms with van der Waals surface area (Å²) in [6.07, 6.45) is 6.31. The first-order chi connectivity index (χ1) is 15.0. The van der Waals surface area contributed by atoms with Crippen LogP contribution in [0.1, 0.15) is 106 Å². The molecule has 0 unspecified atom stereocenters. The third-order valence-corrected chi connectivity index (χ3v) is 7.82. The van der Waals surface area contributed by atoms with Crippen LogP contribution >= 0.6 is 0 Å². The molecule has 2 aliphatic carbocycles. The van der Waals surface area contributed by atoms with Crippen LogP contribution in [0.4, 0.5) is 0 Å². The number of hydrogen-bond donors (Lipinski definition) is 0. The Balaban J connectivity index is 1.74. The van der Waals surface area contributed by atoms with Gasteiger partial charge in [0.2, 0.25) is 0 Å². The quantitative estimate of drug-likeness (QED) is 0.484. The summed E-state index contributed by atoms with van der Waals surface area (Å²) in [7, 11) is 0. The predicted molar refractivity (Wildman–Crippen MR) is 132 cm³/mol. The number of benzene rings is 2. The molecule has 2 heteroatoms. The minimum Gasteiger partial charge on any atom is -0.299 e. The van der Waals surface area contributed by atoms with E-state index < -0.39 is 5.92 Å². The molecule has 168 valence electrons. The van der Waals surface area contributed by atoms with E-state index in [0.29, 0.717) is 19.3 Å². The highest BCUT2D eigenvalue weighted by Gasteiger charge is 2.37. The van der Waals surface area contributed by atoms with Gasteiger partial charge in [0.05, 0.1) is 0 Å². The van der Waals surface area contributed by atoms with Crippen molar-refractivity contribution in [3.63, 3.8) is 0 Å². The zero-order valence-corrected chi connectivity index (χ0v) is 20.5. The average Bonchev–Trinajstić information content (AvgIpc) is 2.74. The molecular formula is C30H36O2. The van der Waals surface area contributed by atoms with Gasteiger partial charge in [0.15, 0.2) is 0 Å². The van der Waals surface area contributed by atoms with E-state index >= 15 is 0 Å². The molecule has 0 amide bonds. The Bertz CT molecular complexity index is 1080. The van der Waals surface area contributed by atoms with Crippen LogP contribution in [0.5, 0.6) is 0 Å². The molecule has 2 aromatic carbocycles. The smallest absolute Gasteiger partial charge is 0.147 e. The van der Waals surface area contributed by atoms with Crippen molar-refractivity contribution in [2.75, 3.05) is 0 Å². The van der Waals surface area contributed by atoms with Crippen molar-refractivity contribution >= 4 is 17.1 Å². The van der Waals surface area contributed by atoms with Gasteiger partial charge in [-0.05, 0) is 82.9 Å². The molecule has 0 radical (unpaired) electrons. The minimum atomic E-state index is -0.569. The lowest BCUT2D eigenvalue weighted by Gasteiger charge is -2.42. The maximum absolute atomic E-state index is 12.4. The Morgan fingerprint density at radius 1 is 0.875 bits per heavy atom. The highest BCUT2D eigenvalue weighted by atomic mass is 16.2. The molecule has 32 heavy (non-hydrogen) atoms. The van der Waals surface area contributed by atoms with Crippen molar-refractivity contribution in [2.45, 2.75) is 90.4 Å². The van der Waals surface area contributed by atoms with E-state index in [2.05, 4.69) is 71.9 Å². The fourth-order valence-corrected chi connectivity index (χ4v) is 5.62. The van der Waals surface area contributed by atoms with Gasteiger partial charge in [0.1, 0.15) is 17.5 Å². The Morgan fingerprint density at radius 3 is 1.94 bits per heavy atom. The van der Waals surface area contributed by atoms with Gasteiger partial charge in [-0.25, -0.2) is 0 Å². The van der Waals surface area contributed by atoms with Gasteiger partial charge in [0, 0.05) is 12.8 Å². The van der Waals surface area contributed by atoms with E-state index in [1.165, 1.54) is 40.7 Å². The maximum Gasteiger partial charge on any atom is 0.147 e. The third-order valence-electron chi connectivity index (χ3n) is 7.82. The Hall–Kier alpha value is -2.48. The van der Waals surface area contributed by atoms with Gasteiger partial charge in [-0.15, -0.1) is 0 Å². The topological polar surface area (TPSA) is 34.1 Å². The summed E-state index contributed by atoms with van der Waals surface area (Å²) in [6.45, 7) is 13.8. The Labute approximate surface area is 193 Å². The van der Waals surface area contributed by atoms with Gasteiger partial charge < -0.3 is 0 Å². The fraction of sp³-hybridized carbons (Fsp3) is 0.467. The molecule has 4 rings (SSSR count).